The molecule has 1 N–H and O–H groups in total. The molecule has 2 atom stereocenters. The van der Waals surface area contributed by atoms with E-state index in [1.807, 2.05) is 0 Å². The van der Waals surface area contributed by atoms with Crippen LogP contribution >= 0.6 is 0 Å². The Kier molecular flexibility index (Phi) is 11.5. The largest absolute Gasteiger partial charge is 0.307 e. The molecule has 0 aromatic carbocycles. The highest BCUT2D eigenvalue weighted by Gasteiger charge is 2.41. The molecule has 1 amide bonds. The van der Waals surface area contributed by atoms with E-state index >= 15 is 0 Å². The summed E-state index contributed by atoms with van der Waals surface area (Å²) in [6.45, 7) is 11.1. The topological polar surface area (TPSA) is 41.5 Å². The molecule has 4 heteroatoms. The van der Waals surface area contributed by atoms with Gasteiger partial charge in [-0.1, -0.05) is 51.2 Å². The van der Waals surface area contributed by atoms with E-state index in [9.17, 15) is 4.79 Å². The van der Waals surface area contributed by atoms with Crippen molar-refractivity contribution in [2.24, 2.45) is 4.99 Å². The molecule has 0 radical (unpaired) electrons. The molecule has 1 aliphatic heterocycles. The Hall–Kier alpha value is -1.16. The second kappa shape index (κ2) is 13.1. The summed E-state index contributed by atoms with van der Waals surface area (Å²) in [5.74, 6) is 1.35. The van der Waals surface area contributed by atoms with Crippen molar-refractivity contribution in [1.82, 2.24) is 5.32 Å². The molecule has 0 aliphatic carbocycles. The summed E-state index contributed by atoms with van der Waals surface area (Å²) in [7, 11) is 0. The van der Waals surface area contributed by atoms with E-state index in [0.717, 1.165) is 30.5 Å². The fourth-order valence-electron chi connectivity index (χ4n) is 4.01. The molecule has 0 aromatic heterocycles. The van der Waals surface area contributed by atoms with Crippen LogP contribution in [0, 0.1) is 0 Å². The molecule has 26 heavy (non-hydrogen) atoms. The zero-order valence-corrected chi connectivity index (χ0v) is 17.7. The molecule has 4 nitrogen and oxygen atoms in total. The van der Waals surface area contributed by atoms with Gasteiger partial charge in [0.2, 0.25) is 5.91 Å². The van der Waals surface area contributed by atoms with Gasteiger partial charge in [-0.25, -0.2) is 4.99 Å². The number of rotatable bonds is 14. The number of unbranched alkanes of at least 4 members (excludes halogenated alkanes) is 7. The third-order valence-corrected chi connectivity index (χ3v) is 5.69. The number of aliphatic imine (C=N–C) groups is 1. The fourth-order valence-corrected chi connectivity index (χ4v) is 4.01. The van der Waals surface area contributed by atoms with E-state index < -0.39 is 0 Å². The zero-order chi connectivity index (χ0) is 19.3. The van der Waals surface area contributed by atoms with Gasteiger partial charge < -0.3 is 5.32 Å². The summed E-state index contributed by atoms with van der Waals surface area (Å²) in [6.07, 6.45) is 17.5. The first-order valence-corrected chi connectivity index (χ1v) is 10.9. The van der Waals surface area contributed by atoms with Crippen molar-refractivity contribution in [3.8, 4) is 0 Å². The van der Waals surface area contributed by atoms with Crippen LogP contribution in [0.3, 0.4) is 0 Å². The Morgan fingerprint density at radius 3 is 2.42 bits per heavy atom. The minimum atomic E-state index is 0.0541. The molecule has 150 valence electrons. The maximum absolute atomic E-state index is 11.5. The summed E-state index contributed by atoms with van der Waals surface area (Å²) in [5.41, 5.74) is 0. The Bertz CT molecular complexity index is 458. The molecule has 0 fully saturated rings. The molecule has 1 rings (SSSR count). The van der Waals surface area contributed by atoms with Crippen LogP contribution < -0.4 is 5.32 Å². The van der Waals surface area contributed by atoms with Crippen molar-refractivity contribution in [1.29, 1.82) is 0 Å². The van der Waals surface area contributed by atoms with Crippen LogP contribution in [0.4, 0.5) is 0 Å². The maximum Gasteiger partial charge on any atom is 0.221 e. The summed E-state index contributed by atoms with van der Waals surface area (Å²) in [4.78, 5) is 16.3. The number of hydrogen-bond acceptors (Lipinski definition) is 2. The predicted molar refractivity (Wildman–Crippen MR) is 112 cm³/mol. The van der Waals surface area contributed by atoms with Crippen molar-refractivity contribution in [3.63, 3.8) is 0 Å². The summed E-state index contributed by atoms with van der Waals surface area (Å²) in [6, 6.07) is 0. The third kappa shape index (κ3) is 7.61. The minimum absolute atomic E-state index is 0.0541. The molecule has 0 saturated carbocycles. The van der Waals surface area contributed by atoms with Crippen molar-refractivity contribution in [2.75, 3.05) is 19.6 Å². The zero-order valence-electron chi connectivity index (χ0n) is 17.7. The molecule has 0 aromatic rings. The first-order valence-electron chi connectivity index (χ1n) is 10.9. The number of hydrogen-bond donors (Lipinski definition) is 1. The van der Waals surface area contributed by atoms with E-state index in [0.29, 0.717) is 0 Å². The van der Waals surface area contributed by atoms with Crippen LogP contribution in [0.25, 0.3) is 0 Å². The molecule has 0 bridgehead atoms. The van der Waals surface area contributed by atoms with Gasteiger partial charge in [-0.2, -0.15) is 0 Å². The van der Waals surface area contributed by atoms with Crippen molar-refractivity contribution < 1.29 is 9.28 Å². The van der Waals surface area contributed by atoms with Crippen LogP contribution in [-0.4, -0.2) is 42.0 Å². The second-order valence-corrected chi connectivity index (χ2v) is 7.67. The predicted octanol–water partition coefficient (Wildman–Crippen LogP) is 5.19. The fraction of sp³-hybridized carbons (Fsp3) is 0.818. The number of quaternary nitrogens is 1. The van der Waals surface area contributed by atoms with Gasteiger partial charge in [0, 0.05) is 20.3 Å². The van der Waals surface area contributed by atoms with Gasteiger partial charge in [0.1, 0.15) is 6.54 Å². The maximum atomic E-state index is 11.5. The van der Waals surface area contributed by atoms with E-state index in [2.05, 4.69) is 38.2 Å². The first-order chi connectivity index (χ1) is 12.6. The van der Waals surface area contributed by atoms with Crippen LogP contribution in [0.5, 0.6) is 0 Å². The van der Waals surface area contributed by atoms with Gasteiger partial charge in [-0.15, -0.1) is 0 Å². The van der Waals surface area contributed by atoms with Crippen molar-refractivity contribution in [3.05, 3.63) is 12.2 Å². The number of amides is 1. The Morgan fingerprint density at radius 1 is 1.12 bits per heavy atom. The standard InChI is InChI=1S/C22H41N3O/c1-5-7-8-9-10-11-12-13-14-15-16-17-22-23-18-19-25(22,6-2)20(3)24-21(4)26/h9-10,20H,5-8,11-19H2,1-4H3/p+1/b10-9+. The van der Waals surface area contributed by atoms with Gasteiger partial charge >= 0.3 is 0 Å². The summed E-state index contributed by atoms with van der Waals surface area (Å²) in [5, 5.41) is 3.10. The molecular weight excluding hydrogens is 322 g/mol. The van der Waals surface area contributed by atoms with Crippen LogP contribution in [0.1, 0.15) is 91.9 Å². The monoisotopic (exact) mass is 364 g/mol. The average Bonchev–Trinajstić information content (AvgIpc) is 3.03. The smallest absolute Gasteiger partial charge is 0.221 e. The van der Waals surface area contributed by atoms with Crippen LogP contribution in [-0.2, 0) is 4.79 Å². The van der Waals surface area contributed by atoms with Gasteiger partial charge in [0.25, 0.3) is 0 Å². The first kappa shape index (κ1) is 22.9. The molecule has 2 unspecified atom stereocenters. The van der Waals surface area contributed by atoms with Gasteiger partial charge in [-0.05, 0) is 32.6 Å². The number of carbonyl (C=O) groups excluding carboxylic acids is 1. The van der Waals surface area contributed by atoms with Crippen LogP contribution in [0.15, 0.2) is 17.1 Å². The van der Waals surface area contributed by atoms with E-state index in [-0.39, 0.29) is 12.1 Å². The van der Waals surface area contributed by atoms with E-state index in [1.54, 1.807) is 6.92 Å². The molecule has 0 spiro atoms. The van der Waals surface area contributed by atoms with Gasteiger partial charge in [-0.3, -0.25) is 9.28 Å². The lowest BCUT2D eigenvalue weighted by atomic mass is 10.1. The lowest BCUT2D eigenvalue weighted by Gasteiger charge is -2.39. The molecule has 1 aliphatic rings. The summed E-state index contributed by atoms with van der Waals surface area (Å²) < 4.78 is 0.849. The van der Waals surface area contributed by atoms with Crippen molar-refractivity contribution >= 4 is 11.7 Å². The van der Waals surface area contributed by atoms with E-state index in [4.69, 9.17) is 4.99 Å². The lowest BCUT2D eigenvalue weighted by Crippen LogP contribution is -2.62. The number of likely N-dealkylation sites (N-methyl/N-ethyl adjacent to an activating group) is 1. The number of nitrogens with one attached hydrogen (secondary N) is 1. The average molecular weight is 365 g/mol. The minimum Gasteiger partial charge on any atom is -0.307 e. The highest BCUT2D eigenvalue weighted by molar-refractivity contribution is 5.78. The second-order valence-electron chi connectivity index (χ2n) is 7.67. The third-order valence-electron chi connectivity index (χ3n) is 5.69. The van der Waals surface area contributed by atoms with Gasteiger partial charge in [0.05, 0.1) is 13.1 Å². The van der Waals surface area contributed by atoms with Crippen molar-refractivity contribution in [2.45, 2.75) is 98.1 Å². The normalized spacial score (nSPS) is 21.2. The Labute approximate surface area is 161 Å². The molecular formula is C22H42N3O+. The molecule has 0 saturated heterocycles. The Morgan fingerprint density at radius 2 is 1.77 bits per heavy atom. The number of amidine groups is 1. The molecule has 1 heterocycles. The number of allylic oxidation sites excluding steroid dienone is 2. The highest BCUT2D eigenvalue weighted by atomic mass is 16.1. The Balaban J connectivity index is 2.23. The van der Waals surface area contributed by atoms with Gasteiger partial charge in [0.15, 0.2) is 12.0 Å². The quantitative estimate of drug-likeness (QED) is 0.257. The SMILES string of the molecule is CCCC/C=C/CCCCCCCC1=NCC[N+]1(CC)C(C)NC(C)=O. The van der Waals surface area contributed by atoms with E-state index in [1.165, 1.54) is 63.6 Å². The van der Waals surface area contributed by atoms with Crippen LogP contribution in [0.2, 0.25) is 0 Å². The summed E-state index contributed by atoms with van der Waals surface area (Å²) >= 11 is 0. The highest BCUT2D eigenvalue weighted by Crippen LogP contribution is 2.23. The lowest BCUT2D eigenvalue weighted by molar-refractivity contribution is -0.861. The number of carbonyl (C=O) groups is 1. The number of nitrogens with zero attached hydrogens (tertiary/aromatic N) is 2.